The maximum Gasteiger partial charge on any atom is 0.273 e. The predicted octanol–water partition coefficient (Wildman–Crippen LogP) is 3.23. The zero-order valence-electron chi connectivity index (χ0n) is 11.7. The molecule has 2 N–H and O–H groups in total. The van der Waals surface area contributed by atoms with Gasteiger partial charge < -0.3 is 4.74 Å². The van der Waals surface area contributed by atoms with E-state index in [0.29, 0.717) is 9.50 Å². The first-order valence-corrected chi connectivity index (χ1v) is 7.72. The molecule has 23 heavy (non-hydrogen) atoms. The largest absolute Gasteiger partial charge is 0.496 e. The lowest BCUT2D eigenvalue weighted by atomic mass is 10.2. The Balaban J connectivity index is 2.10. The number of amides is 2. The van der Waals surface area contributed by atoms with Gasteiger partial charge in [0.15, 0.2) is 0 Å². The molecule has 0 atom stereocenters. The number of halogens is 3. The highest BCUT2D eigenvalue weighted by Crippen LogP contribution is 2.23. The summed E-state index contributed by atoms with van der Waals surface area (Å²) in [4.78, 5) is 28.0. The van der Waals surface area contributed by atoms with Crippen LogP contribution in [0, 0.1) is 0 Å². The zero-order valence-corrected chi connectivity index (χ0v) is 14.8. The van der Waals surface area contributed by atoms with Crippen molar-refractivity contribution in [1.29, 1.82) is 0 Å². The number of benzene rings is 1. The van der Waals surface area contributed by atoms with Crippen molar-refractivity contribution in [3.05, 3.63) is 56.2 Å². The van der Waals surface area contributed by atoms with E-state index in [0.717, 1.165) is 0 Å². The summed E-state index contributed by atoms with van der Waals surface area (Å²) in [6.07, 6.45) is 1.45. The quantitative estimate of drug-likeness (QED) is 0.592. The van der Waals surface area contributed by atoms with Crippen LogP contribution in [-0.2, 0) is 0 Å². The van der Waals surface area contributed by atoms with Crippen LogP contribution >= 0.6 is 39.1 Å². The van der Waals surface area contributed by atoms with Crippen molar-refractivity contribution in [2.45, 2.75) is 0 Å². The SMILES string of the molecule is COc1cc(Cl)ccc1C(=O)NNC(=O)c1cc(Br)cnc1Cl. The summed E-state index contributed by atoms with van der Waals surface area (Å²) in [5, 5.41) is 0.443. The van der Waals surface area contributed by atoms with Gasteiger partial charge in [-0.05, 0) is 40.2 Å². The molecule has 0 aliphatic carbocycles. The van der Waals surface area contributed by atoms with Crippen LogP contribution in [0.15, 0.2) is 34.9 Å². The summed E-state index contributed by atoms with van der Waals surface area (Å²) >= 11 is 14.9. The van der Waals surface area contributed by atoms with E-state index in [1.165, 1.54) is 37.6 Å². The fourth-order valence-electron chi connectivity index (χ4n) is 1.68. The molecule has 2 amide bonds. The fourth-order valence-corrected chi connectivity index (χ4v) is 2.37. The number of hydrogen-bond donors (Lipinski definition) is 2. The van der Waals surface area contributed by atoms with E-state index in [1.807, 2.05) is 0 Å². The van der Waals surface area contributed by atoms with Crippen LogP contribution in [0.3, 0.4) is 0 Å². The van der Waals surface area contributed by atoms with Crippen molar-refractivity contribution in [2.24, 2.45) is 0 Å². The second-order valence-electron chi connectivity index (χ2n) is 4.24. The molecule has 1 aromatic carbocycles. The van der Waals surface area contributed by atoms with Crippen LogP contribution in [-0.4, -0.2) is 23.9 Å². The highest BCUT2D eigenvalue weighted by Gasteiger charge is 2.16. The zero-order chi connectivity index (χ0) is 17.0. The van der Waals surface area contributed by atoms with Crippen molar-refractivity contribution in [2.75, 3.05) is 7.11 Å². The molecule has 0 saturated carbocycles. The summed E-state index contributed by atoms with van der Waals surface area (Å²) < 4.78 is 5.66. The van der Waals surface area contributed by atoms with E-state index in [1.54, 1.807) is 0 Å². The third-order valence-electron chi connectivity index (χ3n) is 2.75. The molecule has 0 fully saturated rings. The van der Waals surface area contributed by atoms with Crippen LogP contribution < -0.4 is 15.6 Å². The van der Waals surface area contributed by atoms with Gasteiger partial charge in [-0.25, -0.2) is 4.98 Å². The van der Waals surface area contributed by atoms with Gasteiger partial charge in [0.25, 0.3) is 11.8 Å². The lowest BCUT2D eigenvalue weighted by molar-refractivity contribution is 0.0844. The number of ether oxygens (including phenoxy) is 1. The lowest BCUT2D eigenvalue weighted by Gasteiger charge is -2.11. The molecule has 0 bridgehead atoms. The van der Waals surface area contributed by atoms with Crippen molar-refractivity contribution in [3.8, 4) is 5.75 Å². The normalized spacial score (nSPS) is 10.1. The van der Waals surface area contributed by atoms with Crippen LogP contribution in [0.5, 0.6) is 5.75 Å². The molecule has 2 rings (SSSR count). The van der Waals surface area contributed by atoms with Gasteiger partial charge in [-0.2, -0.15) is 0 Å². The first-order valence-electron chi connectivity index (χ1n) is 6.17. The molecule has 1 heterocycles. The Kier molecular flexibility index (Phi) is 5.81. The van der Waals surface area contributed by atoms with Gasteiger partial charge in [-0.1, -0.05) is 23.2 Å². The minimum atomic E-state index is -0.606. The molecule has 0 aliphatic heterocycles. The van der Waals surface area contributed by atoms with Crippen molar-refractivity contribution in [1.82, 2.24) is 15.8 Å². The summed E-state index contributed by atoms with van der Waals surface area (Å²) in [6, 6.07) is 6.00. The summed E-state index contributed by atoms with van der Waals surface area (Å²) in [6.45, 7) is 0. The second-order valence-corrected chi connectivity index (χ2v) is 5.95. The number of hydrazine groups is 1. The Morgan fingerprint density at radius 2 is 1.78 bits per heavy atom. The summed E-state index contributed by atoms with van der Waals surface area (Å²) in [5.41, 5.74) is 4.87. The van der Waals surface area contributed by atoms with Crippen LogP contribution in [0.4, 0.5) is 0 Å². The number of nitrogens with one attached hydrogen (secondary N) is 2. The Morgan fingerprint density at radius 1 is 1.13 bits per heavy atom. The number of aromatic nitrogens is 1. The smallest absolute Gasteiger partial charge is 0.273 e. The second kappa shape index (κ2) is 7.63. The molecule has 0 unspecified atom stereocenters. The molecule has 120 valence electrons. The average molecular weight is 419 g/mol. The highest BCUT2D eigenvalue weighted by molar-refractivity contribution is 9.10. The molecular weight excluding hydrogens is 409 g/mol. The average Bonchev–Trinajstić information content (AvgIpc) is 2.54. The van der Waals surface area contributed by atoms with E-state index >= 15 is 0 Å². The molecular formula is C14H10BrCl2N3O3. The van der Waals surface area contributed by atoms with Gasteiger partial charge in [0.2, 0.25) is 0 Å². The molecule has 9 heteroatoms. The Morgan fingerprint density at radius 3 is 2.43 bits per heavy atom. The monoisotopic (exact) mass is 417 g/mol. The minimum absolute atomic E-state index is 0.0176. The number of methoxy groups -OCH3 is 1. The molecule has 0 spiro atoms. The minimum Gasteiger partial charge on any atom is -0.496 e. The van der Waals surface area contributed by atoms with Gasteiger partial charge >= 0.3 is 0 Å². The highest BCUT2D eigenvalue weighted by atomic mass is 79.9. The molecule has 6 nitrogen and oxygen atoms in total. The number of pyridine rings is 1. The van der Waals surface area contributed by atoms with Crippen molar-refractivity contribution >= 4 is 50.9 Å². The Bertz CT molecular complexity index is 771. The van der Waals surface area contributed by atoms with E-state index in [9.17, 15) is 9.59 Å². The standard InChI is InChI=1S/C14H10BrCl2N3O3/c1-23-11-5-8(16)2-3-9(11)13(21)19-20-14(22)10-4-7(15)6-18-12(10)17/h2-6H,1H3,(H,19,21)(H,20,22). The Hall–Kier alpha value is -1.83. The van der Waals surface area contributed by atoms with Crippen molar-refractivity contribution in [3.63, 3.8) is 0 Å². The first kappa shape index (κ1) is 17.5. The van der Waals surface area contributed by atoms with Gasteiger partial charge in [-0.3, -0.25) is 20.4 Å². The number of carbonyl (C=O) groups excluding carboxylic acids is 2. The summed E-state index contributed by atoms with van der Waals surface area (Å²) in [7, 11) is 1.41. The molecule has 0 saturated heterocycles. The predicted molar refractivity (Wildman–Crippen MR) is 89.9 cm³/mol. The van der Waals surface area contributed by atoms with E-state index in [-0.39, 0.29) is 22.0 Å². The topological polar surface area (TPSA) is 80.3 Å². The van der Waals surface area contributed by atoms with Gasteiger partial charge in [0.1, 0.15) is 10.9 Å². The Labute approximate surface area is 150 Å². The van der Waals surface area contributed by atoms with Gasteiger partial charge in [0.05, 0.1) is 18.2 Å². The van der Waals surface area contributed by atoms with Crippen molar-refractivity contribution < 1.29 is 14.3 Å². The lowest BCUT2D eigenvalue weighted by Crippen LogP contribution is -2.41. The molecule has 0 radical (unpaired) electrons. The molecule has 0 aliphatic rings. The van der Waals surface area contributed by atoms with Crippen LogP contribution in [0.25, 0.3) is 0 Å². The van der Waals surface area contributed by atoms with Gasteiger partial charge in [-0.15, -0.1) is 0 Å². The van der Waals surface area contributed by atoms with E-state index in [4.69, 9.17) is 27.9 Å². The number of hydrogen-bond acceptors (Lipinski definition) is 4. The number of nitrogens with zero attached hydrogens (tertiary/aromatic N) is 1. The maximum absolute atomic E-state index is 12.1. The first-order chi connectivity index (χ1) is 10.9. The third-order valence-corrected chi connectivity index (χ3v) is 3.72. The summed E-state index contributed by atoms with van der Waals surface area (Å²) in [5.74, 6) is -0.887. The number of carbonyl (C=O) groups is 2. The molecule has 1 aromatic heterocycles. The maximum atomic E-state index is 12.1. The third kappa shape index (κ3) is 4.34. The van der Waals surface area contributed by atoms with E-state index < -0.39 is 11.8 Å². The van der Waals surface area contributed by atoms with Gasteiger partial charge in [0, 0.05) is 15.7 Å². The van der Waals surface area contributed by atoms with E-state index in [2.05, 4.69) is 31.8 Å². The fraction of sp³-hybridized carbons (Fsp3) is 0.0714. The van der Waals surface area contributed by atoms with Crippen LogP contribution in [0.2, 0.25) is 10.2 Å². The number of rotatable bonds is 3. The van der Waals surface area contributed by atoms with Crippen LogP contribution in [0.1, 0.15) is 20.7 Å². The molecule has 2 aromatic rings.